The maximum absolute atomic E-state index is 14.4. The average molecular weight is 591 g/mol. The normalized spacial score (nSPS) is 18.9. The van der Waals surface area contributed by atoms with Crippen molar-refractivity contribution in [3.63, 3.8) is 0 Å². The number of carbonyl (C=O) groups is 1. The molecule has 0 aliphatic heterocycles. The molecule has 0 fully saturated rings. The lowest BCUT2D eigenvalue weighted by molar-refractivity contribution is -0.141. The zero-order chi connectivity index (χ0) is 29.9. The standard InChI is InChI=1S/C26H35N6O8P/c1-15(2)32(16(3)25(33)34)41(35,40-19-9-10-20(36-4)21(12-19)37-5)39-13-17-7-8-18(11-17)31-14-28-22-23(31)29-26(27)30-24(22)38-6/h7-10,12,14-18H,11,13H2,1-6H3,(H,33,34)(H2,27,29,30)/t16?,17-,18+,41?/m1/s1. The first kappa shape index (κ1) is 30.1. The molecule has 1 aromatic carbocycles. The van der Waals surface area contributed by atoms with E-state index in [1.807, 2.05) is 16.7 Å². The molecule has 41 heavy (non-hydrogen) atoms. The third-order valence-electron chi connectivity index (χ3n) is 6.70. The highest BCUT2D eigenvalue weighted by molar-refractivity contribution is 7.51. The number of carboxylic acids is 1. The molecular weight excluding hydrogens is 555 g/mol. The molecule has 3 aromatic rings. The number of nitrogens with zero attached hydrogens (tertiary/aromatic N) is 5. The number of ether oxygens (including phenoxy) is 3. The van der Waals surface area contributed by atoms with Crippen molar-refractivity contribution in [1.29, 1.82) is 0 Å². The monoisotopic (exact) mass is 590 g/mol. The van der Waals surface area contributed by atoms with Crippen molar-refractivity contribution in [3.8, 4) is 23.1 Å². The number of rotatable bonds is 13. The minimum absolute atomic E-state index is 0.000199. The van der Waals surface area contributed by atoms with E-state index in [0.717, 1.165) is 0 Å². The van der Waals surface area contributed by atoms with E-state index in [-0.39, 0.29) is 36.1 Å². The Labute approximate surface area is 237 Å². The van der Waals surface area contributed by atoms with Crippen molar-refractivity contribution in [2.75, 3.05) is 33.7 Å². The predicted molar refractivity (Wildman–Crippen MR) is 150 cm³/mol. The molecule has 15 heteroatoms. The van der Waals surface area contributed by atoms with Crippen LogP contribution in [0.25, 0.3) is 11.2 Å². The number of allylic oxidation sites excluding steroid dienone is 1. The number of nitrogen functional groups attached to an aromatic ring is 1. The van der Waals surface area contributed by atoms with Crippen LogP contribution in [0.3, 0.4) is 0 Å². The number of methoxy groups -OCH3 is 3. The second-order valence-corrected chi connectivity index (χ2v) is 11.6. The molecule has 3 N–H and O–H groups in total. The molecule has 0 saturated carbocycles. The van der Waals surface area contributed by atoms with Gasteiger partial charge in [0, 0.05) is 18.0 Å². The molecule has 0 saturated heterocycles. The van der Waals surface area contributed by atoms with Crippen LogP contribution in [0.15, 0.2) is 36.7 Å². The number of aliphatic carboxylic acids is 1. The highest BCUT2D eigenvalue weighted by atomic mass is 31.2. The maximum atomic E-state index is 14.4. The summed E-state index contributed by atoms with van der Waals surface area (Å²) in [6, 6.07) is 2.87. The van der Waals surface area contributed by atoms with Gasteiger partial charge in [0.1, 0.15) is 11.8 Å². The molecule has 0 radical (unpaired) electrons. The Morgan fingerprint density at radius 3 is 2.51 bits per heavy atom. The van der Waals surface area contributed by atoms with Gasteiger partial charge in [-0.2, -0.15) is 14.6 Å². The summed E-state index contributed by atoms with van der Waals surface area (Å²) in [5, 5.41) is 9.79. The number of anilines is 1. The van der Waals surface area contributed by atoms with Crippen molar-refractivity contribution in [3.05, 3.63) is 36.7 Å². The van der Waals surface area contributed by atoms with Crippen LogP contribution in [0, 0.1) is 5.92 Å². The highest BCUT2D eigenvalue weighted by Crippen LogP contribution is 2.55. The summed E-state index contributed by atoms with van der Waals surface area (Å²) < 4.78 is 45.4. The number of imidazole rings is 1. The largest absolute Gasteiger partial charge is 0.493 e. The van der Waals surface area contributed by atoms with Crippen molar-refractivity contribution in [2.24, 2.45) is 5.92 Å². The van der Waals surface area contributed by atoms with E-state index in [9.17, 15) is 14.5 Å². The van der Waals surface area contributed by atoms with Crippen LogP contribution in [0.1, 0.15) is 33.2 Å². The Bertz CT molecular complexity index is 1480. The third-order valence-corrected chi connectivity index (χ3v) is 8.99. The molecule has 4 rings (SSSR count). The number of hydrogen-bond donors (Lipinski definition) is 2. The summed E-state index contributed by atoms with van der Waals surface area (Å²) >= 11 is 0. The molecular formula is C26H35N6O8P. The molecule has 0 bridgehead atoms. The van der Waals surface area contributed by atoms with Gasteiger partial charge in [0.15, 0.2) is 22.7 Å². The summed E-state index contributed by atoms with van der Waals surface area (Å²) in [5.41, 5.74) is 6.86. The molecule has 2 unspecified atom stereocenters. The maximum Gasteiger partial charge on any atom is 0.462 e. The Hall–Kier alpha value is -3.87. The molecule has 0 amide bonds. The first-order chi connectivity index (χ1) is 19.5. The third kappa shape index (κ3) is 6.24. The minimum atomic E-state index is -4.21. The zero-order valence-corrected chi connectivity index (χ0v) is 24.6. The number of benzene rings is 1. The highest BCUT2D eigenvalue weighted by Gasteiger charge is 2.44. The number of aromatic nitrogens is 4. The molecule has 2 heterocycles. The van der Waals surface area contributed by atoms with Crippen LogP contribution in [0.4, 0.5) is 5.95 Å². The predicted octanol–water partition coefficient (Wildman–Crippen LogP) is 3.94. The number of nitrogens with two attached hydrogens (primary N) is 1. The Morgan fingerprint density at radius 2 is 1.88 bits per heavy atom. The van der Waals surface area contributed by atoms with E-state index in [1.165, 1.54) is 39.0 Å². The van der Waals surface area contributed by atoms with Crippen LogP contribution in [0.5, 0.6) is 23.1 Å². The fourth-order valence-electron chi connectivity index (χ4n) is 4.77. The van der Waals surface area contributed by atoms with Gasteiger partial charge in [-0.05, 0) is 39.3 Å². The first-order valence-corrected chi connectivity index (χ1v) is 14.4. The summed E-state index contributed by atoms with van der Waals surface area (Å²) in [6.45, 7) is 4.89. The van der Waals surface area contributed by atoms with E-state index >= 15 is 0 Å². The fraction of sp³-hybridized carbons (Fsp3) is 0.462. The number of carboxylic acid groups (broad SMARTS) is 1. The lowest BCUT2D eigenvalue weighted by Crippen LogP contribution is -2.42. The van der Waals surface area contributed by atoms with E-state index in [4.69, 9.17) is 29.0 Å². The van der Waals surface area contributed by atoms with Crippen LogP contribution in [-0.2, 0) is 13.9 Å². The van der Waals surface area contributed by atoms with Gasteiger partial charge in [-0.25, -0.2) is 9.55 Å². The topological polar surface area (TPSA) is 173 Å². The molecule has 222 valence electrons. The summed E-state index contributed by atoms with van der Waals surface area (Å²) in [5.74, 6) is -0.0125. The van der Waals surface area contributed by atoms with Gasteiger partial charge in [-0.3, -0.25) is 9.32 Å². The van der Waals surface area contributed by atoms with Crippen molar-refractivity contribution < 1.29 is 37.7 Å². The molecule has 1 aliphatic carbocycles. The molecule has 14 nitrogen and oxygen atoms in total. The van der Waals surface area contributed by atoms with Crippen molar-refractivity contribution in [1.82, 2.24) is 24.2 Å². The van der Waals surface area contributed by atoms with E-state index in [0.29, 0.717) is 29.1 Å². The average Bonchev–Trinajstić information content (AvgIpc) is 3.58. The zero-order valence-electron chi connectivity index (χ0n) is 23.8. The second kappa shape index (κ2) is 12.3. The fourth-order valence-corrected chi connectivity index (χ4v) is 6.90. The molecule has 4 atom stereocenters. The summed E-state index contributed by atoms with van der Waals surface area (Å²) in [7, 11) is 0.233. The van der Waals surface area contributed by atoms with Crippen LogP contribution in [0.2, 0.25) is 0 Å². The Kier molecular flexibility index (Phi) is 9.05. The first-order valence-electron chi connectivity index (χ1n) is 12.9. The summed E-state index contributed by atoms with van der Waals surface area (Å²) in [6.07, 6.45) is 6.13. The Morgan fingerprint density at radius 1 is 1.15 bits per heavy atom. The lowest BCUT2D eigenvalue weighted by atomic mass is 10.1. The van der Waals surface area contributed by atoms with Crippen molar-refractivity contribution >= 4 is 30.8 Å². The van der Waals surface area contributed by atoms with Gasteiger partial charge in [-0.15, -0.1) is 0 Å². The van der Waals surface area contributed by atoms with Crippen LogP contribution >= 0.6 is 7.75 Å². The summed E-state index contributed by atoms with van der Waals surface area (Å²) in [4.78, 5) is 24.8. The van der Waals surface area contributed by atoms with E-state index in [2.05, 4.69) is 15.0 Å². The van der Waals surface area contributed by atoms with Gasteiger partial charge in [0.2, 0.25) is 11.8 Å². The SMILES string of the molecule is COc1ccc(OP(=O)(OC[C@@H]2C=C[C@H](n3cnc4c(OC)nc(N)nc43)C2)N(C(C)C)C(C)C(=O)O)cc1OC. The molecule has 1 aliphatic rings. The quantitative estimate of drug-likeness (QED) is 0.217. The minimum Gasteiger partial charge on any atom is -0.493 e. The van der Waals surface area contributed by atoms with Gasteiger partial charge >= 0.3 is 13.7 Å². The lowest BCUT2D eigenvalue weighted by Gasteiger charge is -2.35. The van der Waals surface area contributed by atoms with E-state index in [1.54, 1.807) is 32.3 Å². The second-order valence-electron chi connectivity index (χ2n) is 9.72. The van der Waals surface area contributed by atoms with Gasteiger partial charge in [-0.1, -0.05) is 12.2 Å². The van der Waals surface area contributed by atoms with Gasteiger partial charge in [0.25, 0.3) is 0 Å². The number of hydrogen-bond acceptors (Lipinski definition) is 11. The molecule has 0 spiro atoms. The van der Waals surface area contributed by atoms with Crippen LogP contribution < -0.4 is 24.5 Å². The molecule has 2 aromatic heterocycles. The Balaban J connectivity index is 1.58. The van der Waals surface area contributed by atoms with Gasteiger partial charge in [0.05, 0.1) is 40.3 Å². The van der Waals surface area contributed by atoms with Gasteiger partial charge < -0.3 is 34.1 Å². The van der Waals surface area contributed by atoms with Crippen molar-refractivity contribution in [2.45, 2.75) is 45.3 Å². The number of fused-ring (bicyclic) bond motifs is 1. The van der Waals surface area contributed by atoms with E-state index < -0.39 is 25.8 Å². The smallest absolute Gasteiger partial charge is 0.462 e. The van der Waals surface area contributed by atoms with Crippen LogP contribution in [-0.4, -0.2) is 75.3 Å².